The molecule has 0 unspecified atom stereocenters. The van der Waals surface area contributed by atoms with E-state index in [-0.39, 0.29) is 16.9 Å². The largest absolute Gasteiger partial charge is 0.348 e. The first-order chi connectivity index (χ1) is 14.0. The van der Waals surface area contributed by atoms with Crippen molar-refractivity contribution in [2.24, 2.45) is 0 Å². The van der Waals surface area contributed by atoms with E-state index >= 15 is 0 Å². The minimum atomic E-state index is -0.291. The van der Waals surface area contributed by atoms with Crippen LogP contribution in [0.3, 0.4) is 0 Å². The van der Waals surface area contributed by atoms with Crippen molar-refractivity contribution in [2.45, 2.75) is 6.54 Å². The molecule has 1 heterocycles. The molecule has 2 amide bonds. The molecule has 0 aliphatic carbocycles. The summed E-state index contributed by atoms with van der Waals surface area (Å²) in [5.74, 6) is 0.109. The molecular formula is C21H19BN4O2S. The Morgan fingerprint density at radius 2 is 1.52 bits per heavy atom. The number of nitrogens with zero attached hydrogens (tertiary/aromatic N) is 1. The van der Waals surface area contributed by atoms with E-state index < -0.39 is 0 Å². The topological polar surface area (TPSA) is 83.1 Å². The standard InChI is InChI=1S/C21H19BN4O2S/c22-17-11-14(13-24-19(27)15-7-3-1-4-8-15)12-23-18(17)25-21(29)26-20(28)16-9-5-2-6-10-16/h1-12H,13,22H2,(H,24,27)(H2,23,25,26,28,29). The lowest BCUT2D eigenvalue weighted by Gasteiger charge is -2.12. The van der Waals surface area contributed by atoms with Gasteiger partial charge in [-0.3, -0.25) is 14.9 Å². The van der Waals surface area contributed by atoms with E-state index in [1.807, 2.05) is 38.2 Å². The normalized spacial score (nSPS) is 10.1. The van der Waals surface area contributed by atoms with Gasteiger partial charge < -0.3 is 10.6 Å². The first kappa shape index (κ1) is 20.2. The zero-order valence-electron chi connectivity index (χ0n) is 15.8. The highest BCUT2D eigenvalue weighted by atomic mass is 32.1. The predicted octanol–water partition coefficient (Wildman–Crippen LogP) is 1.40. The van der Waals surface area contributed by atoms with Gasteiger partial charge in [0.25, 0.3) is 11.8 Å². The van der Waals surface area contributed by atoms with Crippen LogP contribution in [-0.4, -0.2) is 29.8 Å². The molecule has 3 aromatic rings. The zero-order valence-corrected chi connectivity index (χ0v) is 16.6. The Balaban J connectivity index is 1.55. The van der Waals surface area contributed by atoms with Gasteiger partial charge in [0, 0.05) is 23.9 Å². The number of benzene rings is 2. The second kappa shape index (κ2) is 9.61. The second-order valence-electron chi connectivity index (χ2n) is 6.33. The number of anilines is 1. The van der Waals surface area contributed by atoms with E-state index in [2.05, 4.69) is 20.9 Å². The maximum atomic E-state index is 12.2. The van der Waals surface area contributed by atoms with Crippen LogP contribution in [0, 0.1) is 0 Å². The molecule has 3 N–H and O–H groups in total. The number of thiocarbonyl (C=S) groups is 1. The Kier molecular flexibility index (Phi) is 6.70. The van der Waals surface area contributed by atoms with Gasteiger partial charge >= 0.3 is 0 Å². The lowest BCUT2D eigenvalue weighted by atomic mass is 9.95. The molecular weight excluding hydrogens is 383 g/mol. The quantitative estimate of drug-likeness (QED) is 0.444. The predicted molar refractivity (Wildman–Crippen MR) is 120 cm³/mol. The Labute approximate surface area is 175 Å². The first-order valence-corrected chi connectivity index (χ1v) is 9.40. The van der Waals surface area contributed by atoms with Gasteiger partial charge in [-0.2, -0.15) is 0 Å². The van der Waals surface area contributed by atoms with Crippen LogP contribution < -0.4 is 21.4 Å². The molecule has 0 aliphatic heterocycles. The summed E-state index contributed by atoms with van der Waals surface area (Å²) in [6.45, 7) is 0.358. The molecule has 0 radical (unpaired) electrons. The molecule has 1 aromatic heterocycles. The van der Waals surface area contributed by atoms with Crippen molar-refractivity contribution in [2.75, 3.05) is 5.32 Å². The molecule has 0 saturated heterocycles. The van der Waals surface area contributed by atoms with Crippen molar-refractivity contribution in [1.82, 2.24) is 15.6 Å². The number of pyridine rings is 1. The SMILES string of the molecule is Bc1cc(CNC(=O)c2ccccc2)cnc1NC(=S)NC(=O)c1ccccc1. The monoisotopic (exact) mass is 402 g/mol. The number of aromatic nitrogens is 1. The van der Waals surface area contributed by atoms with E-state index in [1.54, 1.807) is 42.6 Å². The van der Waals surface area contributed by atoms with Crippen LogP contribution in [0.1, 0.15) is 26.3 Å². The number of carbonyl (C=O) groups is 2. The minimum absolute atomic E-state index is 0.143. The van der Waals surface area contributed by atoms with Crippen molar-refractivity contribution >= 4 is 48.3 Å². The summed E-state index contributed by atoms with van der Waals surface area (Å²) in [7, 11) is 1.87. The zero-order chi connectivity index (χ0) is 20.6. The average Bonchev–Trinajstić information content (AvgIpc) is 2.75. The number of hydrogen-bond donors (Lipinski definition) is 3. The van der Waals surface area contributed by atoms with E-state index in [4.69, 9.17) is 12.2 Å². The molecule has 0 fully saturated rings. The third-order valence-corrected chi connectivity index (χ3v) is 4.32. The van der Waals surface area contributed by atoms with Gasteiger partial charge in [0.05, 0.1) is 0 Å². The summed E-state index contributed by atoms with van der Waals surface area (Å²) in [4.78, 5) is 28.6. The Bertz CT molecular complexity index is 1030. The highest BCUT2D eigenvalue weighted by Crippen LogP contribution is 2.04. The van der Waals surface area contributed by atoms with Crippen molar-refractivity contribution < 1.29 is 9.59 Å². The number of carbonyl (C=O) groups excluding carboxylic acids is 2. The fourth-order valence-corrected chi connectivity index (χ4v) is 2.83. The van der Waals surface area contributed by atoms with E-state index in [0.29, 0.717) is 23.5 Å². The molecule has 8 heteroatoms. The Morgan fingerprint density at radius 1 is 0.931 bits per heavy atom. The average molecular weight is 402 g/mol. The molecule has 0 aliphatic rings. The van der Waals surface area contributed by atoms with Gasteiger partial charge in [-0.15, -0.1) is 0 Å². The van der Waals surface area contributed by atoms with Crippen molar-refractivity contribution in [3.63, 3.8) is 0 Å². The van der Waals surface area contributed by atoms with Gasteiger partial charge in [0.1, 0.15) is 13.7 Å². The second-order valence-corrected chi connectivity index (χ2v) is 6.74. The molecule has 3 rings (SSSR count). The summed E-state index contributed by atoms with van der Waals surface area (Å²) in [5, 5.41) is 8.59. The first-order valence-electron chi connectivity index (χ1n) is 8.99. The summed E-state index contributed by atoms with van der Waals surface area (Å²) in [5.41, 5.74) is 2.82. The molecule has 0 bridgehead atoms. The summed E-state index contributed by atoms with van der Waals surface area (Å²) in [6.07, 6.45) is 1.65. The van der Waals surface area contributed by atoms with E-state index in [0.717, 1.165) is 11.0 Å². The van der Waals surface area contributed by atoms with Crippen molar-refractivity contribution in [1.29, 1.82) is 0 Å². The van der Waals surface area contributed by atoms with Crippen LogP contribution >= 0.6 is 12.2 Å². The lowest BCUT2D eigenvalue weighted by molar-refractivity contribution is 0.0948. The third kappa shape index (κ3) is 5.73. The molecule has 0 atom stereocenters. The number of hydrogen-bond acceptors (Lipinski definition) is 4. The van der Waals surface area contributed by atoms with Crippen LogP contribution in [-0.2, 0) is 6.54 Å². The van der Waals surface area contributed by atoms with Crippen LogP contribution in [0.25, 0.3) is 0 Å². The third-order valence-electron chi connectivity index (χ3n) is 4.12. The van der Waals surface area contributed by atoms with Crippen LogP contribution in [0.4, 0.5) is 5.82 Å². The van der Waals surface area contributed by atoms with E-state index in [1.165, 1.54) is 0 Å². The van der Waals surface area contributed by atoms with Crippen molar-refractivity contribution in [3.8, 4) is 0 Å². The fourth-order valence-electron chi connectivity index (χ4n) is 2.64. The van der Waals surface area contributed by atoms with Crippen LogP contribution in [0.15, 0.2) is 72.9 Å². The Morgan fingerprint density at radius 3 is 2.10 bits per heavy atom. The molecule has 6 nitrogen and oxygen atoms in total. The van der Waals surface area contributed by atoms with E-state index in [9.17, 15) is 9.59 Å². The number of nitrogens with one attached hydrogen (secondary N) is 3. The van der Waals surface area contributed by atoms with Gasteiger partial charge in [-0.1, -0.05) is 42.5 Å². The smallest absolute Gasteiger partial charge is 0.257 e. The van der Waals surface area contributed by atoms with Crippen LogP contribution in [0.2, 0.25) is 0 Å². The summed E-state index contributed by atoms with van der Waals surface area (Å²) in [6, 6.07) is 19.8. The lowest BCUT2D eigenvalue weighted by Crippen LogP contribution is -2.35. The maximum Gasteiger partial charge on any atom is 0.257 e. The highest BCUT2D eigenvalue weighted by Gasteiger charge is 2.10. The summed E-state index contributed by atoms with van der Waals surface area (Å²) < 4.78 is 0. The van der Waals surface area contributed by atoms with Gasteiger partial charge in [-0.25, -0.2) is 4.98 Å². The number of amides is 2. The molecule has 0 spiro atoms. The van der Waals surface area contributed by atoms with Gasteiger partial charge in [-0.05, 0) is 47.5 Å². The van der Waals surface area contributed by atoms with Gasteiger partial charge in [0.15, 0.2) is 5.11 Å². The fraction of sp³-hybridized carbons (Fsp3) is 0.0476. The molecule has 29 heavy (non-hydrogen) atoms. The van der Waals surface area contributed by atoms with Crippen molar-refractivity contribution in [3.05, 3.63) is 89.6 Å². The minimum Gasteiger partial charge on any atom is -0.348 e. The molecule has 144 valence electrons. The highest BCUT2D eigenvalue weighted by molar-refractivity contribution is 7.80. The Hall–Kier alpha value is -3.52. The molecule has 0 saturated carbocycles. The number of rotatable bonds is 5. The maximum absolute atomic E-state index is 12.2. The van der Waals surface area contributed by atoms with Crippen LogP contribution in [0.5, 0.6) is 0 Å². The summed E-state index contributed by atoms with van der Waals surface area (Å²) >= 11 is 5.20. The molecule has 2 aromatic carbocycles. The van der Waals surface area contributed by atoms with Gasteiger partial charge in [0.2, 0.25) is 0 Å².